The molecule has 9 rings (SSSR count). The largest absolute Gasteiger partial charge is 0.310 e. The van der Waals surface area contributed by atoms with E-state index in [4.69, 9.17) is 0 Å². The Morgan fingerprint density at radius 1 is 0.327 bits per heavy atom. The lowest BCUT2D eigenvalue weighted by Gasteiger charge is -2.26. The fraction of sp³-hybridized carbons (Fsp3) is 0. The van der Waals surface area contributed by atoms with Crippen LogP contribution in [0, 0.1) is 23.3 Å². The van der Waals surface area contributed by atoms with Crippen molar-refractivity contribution in [2.24, 2.45) is 0 Å². The summed E-state index contributed by atoms with van der Waals surface area (Å²) in [5, 5.41) is 3.86. The monoisotopic (exact) mass is 647 g/mol. The fourth-order valence-electron chi connectivity index (χ4n) is 7.03. The Bertz CT molecular complexity index is 2560. The van der Waals surface area contributed by atoms with E-state index in [1.54, 1.807) is 12.1 Å². The van der Waals surface area contributed by atoms with Crippen LogP contribution in [0.3, 0.4) is 0 Å². The van der Waals surface area contributed by atoms with Crippen LogP contribution >= 0.6 is 0 Å². The van der Waals surface area contributed by atoms with Crippen LogP contribution in [-0.4, -0.2) is 9.13 Å². The van der Waals surface area contributed by atoms with Gasteiger partial charge in [-0.2, -0.15) is 0 Å². The molecule has 3 nitrogen and oxygen atoms in total. The first-order valence-electron chi connectivity index (χ1n) is 15.8. The van der Waals surface area contributed by atoms with Gasteiger partial charge in [0.05, 0.1) is 22.1 Å². The first-order chi connectivity index (χ1) is 24.0. The van der Waals surface area contributed by atoms with Crippen molar-refractivity contribution in [3.8, 4) is 11.4 Å². The average Bonchev–Trinajstić information content (AvgIpc) is 3.64. The first-order valence-corrected chi connectivity index (χ1v) is 15.8. The van der Waals surface area contributed by atoms with Crippen molar-refractivity contribution < 1.29 is 17.6 Å². The molecule has 2 aromatic heterocycles. The number of fused-ring (bicyclic) bond motifs is 6. The van der Waals surface area contributed by atoms with E-state index in [0.717, 1.165) is 72.8 Å². The lowest BCUT2D eigenvalue weighted by atomic mass is 10.1. The molecule has 0 bridgehead atoms. The molecular weight excluding hydrogens is 622 g/mol. The zero-order valence-corrected chi connectivity index (χ0v) is 25.8. The van der Waals surface area contributed by atoms with E-state index in [2.05, 4.69) is 17.0 Å². The fourth-order valence-corrected chi connectivity index (χ4v) is 7.03. The van der Waals surface area contributed by atoms with E-state index >= 15 is 0 Å². The van der Waals surface area contributed by atoms with E-state index < -0.39 is 23.3 Å². The molecule has 0 aliphatic rings. The molecule has 236 valence electrons. The number of hydrogen-bond donors (Lipinski definition) is 0. The number of halogens is 4. The van der Waals surface area contributed by atoms with Crippen molar-refractivity contribution in [2.75, 3.05) is 4.90 Å². The van der Waals surface area contributed by atoms with E-state index in [-0.39, 0.29) is 0 Å². The maximum atomic E-state index is 14.4. The SMILES string of the molecule is Fc1ccc(-n2c3ccccc3c3cc(N(c4ccccc4)c4ccc5c(c4)c4ccccc4n5-c4ccc(F)c(F)c4)ccc32)cc1F. The summed E-state index contributed by atoms with van der Waals surface area (Å²) in [6.45, 7) is 0. The van der Waals surface area contributed by atoms with Crippen LogP contribution in [0.25, 0.3) is 55.0 Å². The molecule has 0 N–H and O–H groups in total. The molecule has 2 heterocycles. The molecule has 0 aliphatic heterocycles. The standard InChI is InChI=1S/C42H25F4N3/c43-35-18-14-29(24-37(35)45)48-39-12-6-4-10-31(39)33-22-27(16-20-41(33)48)47(26-8-2-1-3-9-26)28-17-21-42-34(23-28)32-11-5-7-13-40(32)49(42)30-15-19-36(44)38(46)25-30/h1-25H. The van der Waals surface area contributed by atoms with Crippen LogP contribution < -0.4 is 4.90 Å². The number of benzene rings is 7. The van der Waals surface area contributed by atoms with E-state index in [0.29, 0.717) is 11.4 Å². The van der Waals surface area contributed by atoms with Crippen LogP contribution in [0.5, 0.6) is 0 Å². The summed E-state index contributed by atoms with van der Waals surface area (Å²) in [7, 11) is 0. The minimum Gasteiger partial charge on any atom is -0.310 e. The third kappa shape index (κ3) is 4.58. The molecule has 0 amide bonds. The van der Waals surface area contributed by atoms with Gasteiger partial charge in [-0.3, -0.25) is 0 Å². The van der Waals surface area contributed by atoms with Crippen LogP contribution in [0.1, 0.15) is 0 Å². The normalized spacial score (nSPS) is 11.7. The Labute approximate surface area is 278 Å². The topological polar surface area (TPSA) is 13.1 Å². The van der Waals surface area contributed by atoms with Crippen molar-refractivity contribution >= 4 is 60.7 Å². The van der Waals surface area contributed by atoms with Crippen LogP contribution in [-0.2, 0) is 0 Å². The Morgan fingerprint density at radius 3 is 1.22 bits per heavy atom. The number of anilines is 3. The van der Waals surface area contributed by atoms with Crippen molar-refractivity contribution in [1.29, 1.82) is 0 Å². The number of aromatic nitrogens is 2. The molecule has 0 unspecified atom stereocenters. The second kappa shape index (κ2) is 11.1. The van der Waals surface area contributed by atoms with Crippen molar-refractivity contribution in [3.05, 3.63) is 175 Å². The Kier molecular flexibility index (Phi) is 6.55. The van der Waals surface area contributed by atoms with E-state index in [9.17, 15) is 17.6 Å². The summed E-state index contributed by atoms with van der Waals surface area (Å²) in [6.07, 6.45) is 0. The first kappa shape index (κ1) is 28.8. The van der Waals surface area contributed by atoms with Gasteiger partial charge >= 0.3 is 0 Å². The average molecular weight is 648 g/mol. The summed E-state index contributed by atoms with van der Waals surface area (Å²) >= 11 is 0. The van der Waals surface area contributed by atoms with Crippen LogP contribution in [0.4, 0.5) is 34.6 Å². The van der Waals surface area contributed by atoms with Gasteiger partial charge in [0.25, 0.3) is 0 Å². The van der Waals surface area contributed by atoms with Gasteiger partial charge in [-0.05, 0) is 84.9 Å². The number of para-hydroxylation sites is 3. The van der Waals surface area contributed by atoms with Gasteiger partial charge in [-0.1, -0.05) is 54.6 Å². The molecule has 9 aromatic rings. The molecule has 0 atom stereocenters. The molecule has 0 saturated carbocycles. The summed E-state index contributed by atoms with van der Waals surface area (Å²) in [4.78, 5) is 2.17. The Hall–Kier alpha value is -6.34. The van der Waals surface area contributed by atoms with E-state index in [1.165, 1.54) is 12.1 Å². The zero-order chi connectivity index (χ0) is 33.2. The van der Waals surface area contributed by atoms with Gasteiger partial charge in [0, 0.05) is 62.1 Å². The van der Waals surface area contributed by atoms with Gasteiger partial charge < -0.3 is 14.0 Å². The van der Waals surface area contributed by atoms with Gasteiger partial charge in [-0.25, -0.2) is 17.6 Å². The third-order valence-corrected chi connectivity index (χ3v) is 9.17. The summed E-state index contributed by atoms with van der Waals surface area (Å²) in [6, 6.07) is 46.1. The van der Waals surface area contributed by atoms with Gasteiger partial charge in [-0.15, -0.1) is 0 Å². The second-order valence-corrected chi connectivity index (χ2v) is 12.0. The molecular formula is C42H25F4N3. The lowest BCUT2D eigenvalue weighted by Crippen LogP contribution is -2.09. The molecule has 49 heavy (non-hydrogen) atoms. The molecule has 0 aliphatic carbocycles. The molecule has 7 aromatic carbocycles. The predicted octanol–water partition coefficient (Wildman–Crippen LogP) is 11.9. The molecule has 0 saturated heterocycles. The maximum absolute atomic E-state index is 14.4. The Balaban J connectivity index is 1.27. The predicted molar refractivity (Wildman–Crippen MR) is 190 cm³/mol. The van der Waals surface area contributed by atoms with Crippen LogP contribution in [0.15, 0.2) is 152 Å². The maximum Gasteiger partial charge on any atom is 0.160 e. The number of nitrogens with zero attached hydrogens (tertiary/aromatic N) is 3. The molecule has 7 heteroatoms. The van der Waals surface area contributed by atoms with E-state index in [1.807, 2.05) is 112 Å². The highest BCUT2D eigenvalue weighted by atomic mass is 19.2. The van der Waals surface area contributed by atoms with Crippen molar-refractivity contribution in [2.45, 2.75) is 0 Å². The lowest BCUT2D eigenvalue weighted by molar-refractivity contribution is 0.508. The highest BCUT2D eigenvalue weighted by molar-refractivity contribution is 6.12. The number of rotatable bonds is 5. The molecule has 0 radical (unpaired) electrons. The van der Waals surface area contributed by atoms with Gasteiger partial charge in [0.2, 0.25) is 0 Å². The van der Waals surface area contributed by atoms with Crippen LogP contribution in [0.2, 0.25) is 0 Å². The van der Waals surface area contributed by atoms with Crippen molar-refractivity contribution in [1.82, 2.24) is 9.13 Å². The minimum absolute atomic E-state index is 0.528. The summed E-state index contributed by atoms with van der Waals surface area (Å²) in [5.41, 5.74) is 7.25. The summed E-state index contributed by atoms with van der Waals surface area (Å²) < 4.78 is 60.6. The third-order valence-electron chi connectivity index (χ3n) is 9.17. The van der Waals surface area contributed by atoms with Crippen molar-refractivity contribution in [3.63, 3.8) is 0 Å². The Morgan fingerprint density at radius 2 is 0.755 bits per heavy atom. The quantitative estimate of drug-likeness (QED) is 0.169. The molecule has 0 fully saturated rings. The second-order valence-electron chi connectivity index (χ2n) is 12.0. The number of hydrogen-bond acceptors (Lipinski definition) is 1. The highest BCUT2D eigenvalue weighted by Gasteiger charge is 2.20. The minimum atomic E-state index is -0.906. The zero-order valence-electron chi connectivity index (χ0n) is 25.8. The van der Waals surface area contributed by atoms with Gasteiger partial charge in [0.1, 0.15) is 0 Å². The highest BCUT2D eigenvalue weighted by Crippen LogP contribution is 2.42. The summed E-state index contributed by atoms with van der Waals surface area (Å²) in [5.74, 6) is -3.60. The smallest absolute Gasteiger partial charge is 0.160 e. The molecule has 0 spiro atoms. The van der Waals surface area contributed by atoms with Gasteiger partial charge in [0.15, 0.2) is 23.3 Å².